The highest BCUT2D eigenvalue weighted by molar-refractivity contribution is 7.08. The summed E-state index contributed by atoms with van der Waals surface area (Å²) >= 11 is 0.841. The number of halogens is 5. The summed E-state index contributed by atoms with van der Waals surface area (Å²) in [5.41, 5.74) is -1.36. The summed E-state index contributed by atoms with van der Waals surface area (Å²) in [7, 11) is 0. The lowest BCUT2D eigenvalue weighted by molar-refractivity contribution is -0.137. The molecule has 0 bridgehead atoms. The number of hydrogen-bond donors (Lipinski definition) is 1. The fourth-order valence-corrected chi connectivity index (χ4v) is 4.23. The SMILES string of the molecule is O=C(c1ccc(C(F)(F)F)cc1F)N(c1ncccn1)c1cc(Cc2n[nH]c(=O)s2)nn1-c1ccc(F)cc1. The molecule has 0 fully saturated rings. The van der Waals surface area contributed by atoms with E-state index < -0.39 is 39.7 Å². The Labute approximate surface area is 219 Å². The Hall–Kier alpha value is -4.79. The Kier molecular flexibility index (Phi) is 6.74. The molecule has 39 heavy (non-hydrogen) atoms. The van der Waals surface area contributed by atoms with Gasteiger partial charge in [-0.05, 0) is 48.5 Å². The van der Waals surface area contributed by atoms with E-state index in [0.717, 1.165) is 34.4 Å². The van der Waals surface area contributed by atoms with Crippen molar-refractivity contribution in [1.82, 2.24) is 29.9 Å². The van der Waals surface area contributed by atoms with Crippen LogP contribution in [0.15, 0.2) is 71.8 Å². The molecule has 0 radical (unpaired) electrons. The zero-order valence-electron chi connectivity index (χ0n) is 19.4. The van der Waals surface area contributed by atoms with Crippen molar-refractivity contribution in [3.63, 3.8) is 0 Å². The molecule has 3 heterocycles. The summed E-state index contributed by atoms with van der Waals surface area (Å²) in [5.74, 6) is -3.31. The molecule has 0 spiro atoms. The van der Waals surface area contributed by atoms with E-state index in [1.54, 1.807) is 0 Å². The predicted octanol–water partition coefficient (Wildman–Crippen LogP) is 4.67. The summed E-state index contributed by atoms with van der Waals surface area (Å²) in [6.45, 7) is 0. The molecule has 5 rings (SSSR count). The molecule has 0 unspecified atom stereocenters. The molecule has 0 aliphatic carbocycles. The summed E-state index contributed by atoms with van der Waals surface area (Å²) < 4.78 is 69.1. The van der Waals surface area contributed by atoms with Gasteiger partial charge in [-0.25, -0.2) is 33.4 Å². The number of aromatic nitrogens is 6. The number of rotatable bonds is 6. The van der Waals surface area contributed by atoms with Crippen molar-refractivity contribution in [2.24, 2.45) is 0 Å². The first-order valence-electron chi connectivity index (χ1n) is 11.0. The summed E-state index contributed by atoms with van der Waals surface area (Å²) in [5, 5.41) is 11.0. The topological polar surface area (TPSA) is 110 Å². The average molecular weight is 559 g/mol. The molecule has 0 aliphatic heterocycles. The van der Waals surface area contributed by atoms with Crippen LogP contribution in [-0.2, 0) is 12.6 Å². The van der Waals surface area contributed by atoms with Gasteiger partial charge in [0.2, 0.25) is 5.95 Å². The number of anilines is 2. The van der Waals surface area contributed by atoms with E-state index in [0.29, 0.717) is 16.8 Å². The number of hydrogen-bond acceptors (Lipinski definition) is 7. The molecular formula is C24H14F5N7O2S. The number of amides is 1. The number of benzene rings is 2. The smallest absolute Gasteiger partial charge is 0.268 e. The van der Waals surface area contributed by atoms with Crippen molar-refractivity contribution in [3.05, 3.63) is 110 Å². The van der Waals surface area contributed by atoms with Crippen LogP contribution in [-0.4, -0.2) is 35.9 Å². The van der Waals surface area contributed by atoms with Gasteiger partial charge < -0.3 is 0 Å². The van der Waals surface area contributed by atoms with Crippen LogP contribution in [0.2, 0.25) is 0 Å². The highest BCUT2D eigenvalue weighted by atomic mass is 32.1. The molecule has 0 atom stereocenters. The van der Waals surface area contributed by atoms with Crippen molar-refractivity contribution in [1.29, 1.82) is 0 Å². The summed E-state index contributed by atoms with van der Waals surface area (Å²) in [6, 6.07) is 9.46. The minimum absolute atomic E-state index is 0.0324. The van der Waals surface area contributed by atoms with Crippen molar-refractivity contribution in [3.8, 4) is 5.69 Å². The van der Waals surface area contributed by atoms with Crippen LogP contribution in [0.25, 0.3) is 5.69 Å². The first-order chi connectivity index (χ1) is 18.6. The molecule has 1 amide bonds. The Bertz CT molecular complexity index is 1700. The number of carbonyl (C=O) groups excluding carboxylic acids is 1. The van der Waals surface area contributed by atoms with Crippen LogP contribution in [0.3, 0.4) is 0 Å². The maximum absolute atomic E-state index is 14.9. The monoisotopic (exact) mass is 559 g/mol. The van der Waals surface area contributed by atoms with Crippen LogP contribution >= 0.6 is 11.3 Å². The second-order valence-corrected chi connectivity index (χ2v) is 8.99. The molecule has 9 nitrogen and oxygen atoms in total. The van der Waals surface area contributed by atoms with E-state index in [2.05, 4.69) is 25.3 Å². The molecule has 0 saturated heterocycles. The maximum Gasteiger partial charge on any atom is 0.416 e. The lowest BCUT2D eigenvalue weighted by Crippen LogP contribution is -2.30. The third kappa shape index (κ3) is 5.43. The summed E-state index contributed by atoms with van der Waals surface area (Å²) in [6.07, 6.45) is -2.15. The third-order valence-corrected chi connectivity index (χ3v) is 6.09. The fourth-order valence-electron chi connectivity index (χ4n) is 3.62. The standard InChI is InChI=1S/C24H14F5N7O2S/c25-14-3-5-16(6-4-14)36-20(12-15(34-36)11-19-32-33-23(38)39-19)35(22-30-8-1-9-31-22)21(37)17-7-2-13(10-18(17)26)24(27,28)29/h1-10,12H,11H2,(H,33,38). The minimum atomic E-state index is -4.82. The van der Waals surface area contributed by atoms with Gasteiger partial charge in [-0.15, -0.1) is 0 Å². The van der Waals surface area contributed by atoms with Gasteiger partial charge in [0, 0.05) is 24.9 Å². The highest BCUT2D eigenvalue weighted by Gasteiger charge is 2.34. The lowest BCUT2D eigenvalue weighted by Gasteiger charge is -2.22. The summed E-state index contributed by atoms with van der Waals surface area (Å²) in [4.78, 5) is 33.8. The maximum atomic E-state index is 14.9. The van der Waals surface area contributed by atoms with Crippen molar-refractivity contribution in [2.75, 3.05) is 4.90 Å². The van der Waals surface area contributed by atoms with Crippen LogP contribution in [0.5, 0.6) is 0 Å². The van der Waals surface area contributed by atoms with E-state index in [-0.39, 0.29) is 29.9 Å². The van der Waals surface area contributed by atoms with Crippen LogP contribution in [0, 0.1) is 11.6 Å². The molecule has 5 aromatic rings. The Morgan fingerprint density at radius 1 is 1.03 bits per heavy atom. The largest absolute Gasteiger partial charge is 0.416 e. The number of alkyl halides is 3. The predicted molar refractivity (Wildman–Crippen MR) is 129 cm³/mol. The van der Waals surface area contributed by atoms with E-state index in [9.17, 15) is 31.5 Å². The van der Waals surface area contributed by atoms with E-state index in [1.807, 2.05) is 0 Å². The van der Waals surface area contributed by atoms with Crippen molar-refractivity contribution < 1.29 is 26.7 Å². The van der Waals surface area contributed by atoms with Gasteiger partial charge in [0.25, 0.3) is 5.91 Å². The van der Waals surface area contributed by atoms with Gasteiger partial charge in [0.05, 0.1) is 22.5 Å². The zero-order chi connectivity index (χ0) is 27.7. The average Bonchev–Trinajstić information content (AvgIpc) is 3.50. The molecule has 1 N–H and O–H groups in total. The van der Waals surface area contributed by atoms with Crippen LogP contribution < -0.4 is 9.77 Å². The second kappa shape index (κ2) is 10.2. The number of aromatic amines is 1. The van der Waals surface area contributed by atoms with E-state index in [4.69, 9.17) is 0 Å². The Morgan fingerprint density at radius 3 is 2.36 bits per heavy atom. The fraction of sp³-hybridized carbons (Fsp3) is 0.0833. The van der Waals surface area contributed by atoms with E-state index >= 15 is 0 Å². The zero-order valence-corrected chi connectivity index (χ0v) is 20.2. The highest BCUT2D eigenvalue weighted by Crippen LogP contribution is 2.33. The Balaban J connectivity index is 1.67. The molecule has 3 aromatic heterocycles. The molecule has 0 saturated carbocycles. The minimum Gasteiger partial charge on any atom is -0.268 e. The number of carbonyl (C=O) groups is 1. The van der Waals surface area contributed by atoms with Gasteiger partial charge in [0.15, 0.2) is 0 Å². The number of nitrogens with one attached hydrogen (secondary N) is 1. The second-order valence-electron chi connectivity index (χ2n) is 7.95. The third-order valence-electron chi connectivity index (χ3n) is 5.34. The molecule has 198 valence electrons. The Morgan fingerprint density at radius 2 is 1.74 bits per heavy atom. The molecule has 2 aromatic carbocycles. The van der Waals surface area contributed by atoms with Gasteiger partial charge in [0.1, 0.15) is 22.5 Å². The number of nitrogens with zero attached hydrogens (tertiary/aromatic N) is 6. The van der Waals surface area contributed by atoms with E-state index in [1.165, 1.54) is 41.3 Å². The normalized spacial score (nSPS) is 11.5. The first-order valence-corrected chi connectivity index (χ1v) is 11.8. The van der Waals surface area contributed by atoms with Gasteiger partial charge in [-0.2, -0.15) is 23.4 Å². The van der Waals surface area contributed by atoms with Crippen LogP contribution in [0.4, 0.5) is 33.7 Å². The van der Waals surface area contributed by atoms with Crippen molar-refractivity contribution in [2.45, 2.75) is 12.6 Å². The number of H-pyrrole nitrogens is 1. The van der Waals surface area contributed by atoms with Gasteiger partial charge in [-0.1, -0.05) is 11.3 Å². The van der Waals surface area contributed by atoms with Gasteiger partial charge in [-0.3, -0.25) is 9.59 Å². The molecule has 15 heteroatoms. The van der Waals surface area contributed by atoms with Gasteiger partial charge >= 0.3 is 11.0 Å². The first kappa shape index (κ1) is 25.8. The van der Waals surface area contributed by atoms with Crippen LogP contribution in [0.1, 0.15) is 26.6 Å². The lowest BCUT2D eigenvalue weighted by atomic mass is 10.1. The molecular weight excluding hydrogens is 545 g/mol. The van der Waals surface area contributed by atoms with Crippen molar-refractivity contribution >= 4 is 29.0 Å². The quantitative estimate of drug-likeness (QED) is 0.303. The molecule has 0 aliphatic rings.